The first-order chi connectivity index (χ1) is 10.8. The number of rotatable bonds is 2. The summed E-state index contributed by atoms with van der Waals surface area (Å²) in [5.74, 6) is -1.34. The van der Waals surface area contributed by atoms with Crippen molar-refractivity contribution in [3.05, 3.63) is 65.9 Å². The molecule has 1 heterocycles. The lowest BCUT2D eigenvalue weighted by molar-refractivity contribution is -0.137. The van der Waals surface area contributed by atoms with Crippen molar-refractivity contribution in [3.8, 4) is 22.6 Å². The van der Waals surface area contributed by atoms with Crippen molar-refractivity contribution in [3.63, 3.8) is 0 Å². The molecule has 0 fully saturated rings. The standard InChI is InChI=1S/C16H9F5N2/c17-11-4-5-12(13(18)7-11)14-8-22-15(23-14)9-2-1-3-10(6-9)16(19,20)21/h1-8H,(H,22,23). The molecule has 2 aromatic carbocycles. The van der Waals surface area contributed by atoms with Crippen molar-refractivity contribution in [2.75, 3.05) is 0 Å². The van der Waals surface area contributed by atoms with Gasteiger partial charge in [0.15, 0.2) is 0 Å². The molecule has 0 spiro atoms. The Balaban J connectivity index is 1.99. The van der Waals surface area contributed by atoms with Gasteiger partial charge < -0.3 is 4.98 Å². The molecule has 0 saturated carbocycles. The molecular formula is C16H9F5N2. The lowest BCUT2D eigenvalue weighted by Crippen LogP contribution is -2.04. The molecule has 0 atom stereocenters. The second-order valence-corrected chi connectivity index (χ2v) is 4.85. The molecule has 0 aliphatic carbocycles. The number of aromatic nitrogens is 2. The quantitative estimate of drug-likeness (QED) is 0.657. The van der Waals surface area contributed by atoms with Gasteiger partial charge in [-0.2, -0.15) is 13.2 Å². The molecule has 3 aromatic rings. The van der Waals surface area contributed by atoms with Crippen molar-refractivity contribution in [1.82, 2.24) is 9.97 Å². The van der Waals surface area contributed by atoms with Gasteiger partial charge in [-0.05, 0) is 24.3 Å². The Labute approximate surface area is 127 Å². The van der Waals surface area contributed by atoms with E-state index < -0.39 is 23.4 Å². The summed E-state index contributed by atoms with van der Waals surface area (Å²) < 4.78 is 64.8. The van der Waals surface area contributed by atoms with Gasteiger partial charge in [-0.25, -0.2) is 13.8 Å². The van der Waals surface area contributed by atoms with Crippen LogP contribution in [0.3, 0.4) is 0 Å². The van der Waals surface area contributed by atoms with Crippen LogP contribution in [0.4, 0.5) is 22.0 Å². The molecule has 0 amide bonds. The fourth-order valence-corrected chi connectivity index (χ4v) is 2.16. The first kappa shape index (κ1) is 15.2. The van der Waals surface area contributed by atoms with E-state index >= 15 is 0 Å². The summed E-state index contributed by atoms with van der Waals surface area (Å²) in [6.07, 6.45) is -3.18. The molecule has 2 nitrogen and oxygen atoms in total. The molecule has 0 unspecified atom stereocenters. The van der Waals surface area contributed by atoms with Gasteiger partial charge in [0.2, 0.25) is 0 Å². The fourth-order valence-electron chi connectivity index (χ4n) is 2.16. The lowest BCUT2D eigenvalue weighted by Gasteiger charge is -2.07. The van der Waals surface area contributed by atoms with Gasteiger partial charge in [0.25, 0.3) is 0 Å². The van der Waals surface area contributed by atoms with E-state index in [0.717, 1.165) is 24.3 Å². The maximum Gasteiger partial charge on any atom is 0.416 e. The van der Waals surface area contributed by atoms with Crippen molar-refractivity contribution < 1.29 is 22.0 Å². The zero-order valence-corrected chi connectivity index (χ0v) is 11.5. The monoisotopic (exact) mass is 324 g/mol. The topological polar surface area (TPSA) is 28.7 Å². The van der Waals surface area contributed by atoms with Gasteiger partial charge >= 0.3 is 6.18 Å². The Morgan fingerprint density at radius 1 is 0.957 bits per heavy atom. The van der Waals surface area contributed by atoms with Crippen LogP contribution in [0.15, 0.2) is 48.7 Å². The predicted octanol–water partition coefficient (Wildman–Crippen LogP) is 5.04. The van der Waals surface area contributed by atoms with E-state index in [4.69, 9.17) is 0 Å². The summed E-state index contributed by atoms with van der Waals surface area (Å²) in [4.78, 5) is 6.71. The first-order valence-electron chi connectivity index (χ1n) is 6.52. The van der Waals surface area contributed by atoms with Crippen molar-refractivity contribution in [2.24, 2.45) is 0 Å². The number of imidazole rings is 1. The second kappa shape index (κ2) is 5.49. The number of hydrogen-bond acceptors (Lipinski definition) is 1. The summed E-state index contributed by atoms with van der Waals surface area (Å²) in [5, 5.41) is 0. The lowest BCUT2D eigenvalue weighted by atomic mass is 10.1. The van der Waals surface area contributed by atoms with Gasteiger partial charge in [0, 0.05) is 17.2 Å². The zero-order valence-electron chi connectivity index (χ0n) is 11.5. The SMILES string of the molecule is Fc1ccc(-c2cnc(-c3cccc(C(F)(F)F)c3)[nH]2)c(F)c1. The van der Waals surface area contributed by atoms with Crippen LogP contribution in [0.2, 0.25) is 0 Å². The third kappa shape index (κ3) is 3.08. The van der Waals surface area contributed by atoms with Crippen LogP contribution < -0.4 is 0 Å². The molecule has 0 aliphatic rings. The molecule has 7 heteroatoms. The Kier molecular flexibility index (Phi) is 3.63. The minimum absolute atomic E-state index is 0.0807. The molecule has 0 bridgehead atoms. The fraction of sp³-hybridized carbons (Fsp3) is 0.0625. The highest BCUT2D eigenvalue weighted by atomic mass is 19.4. The van der Waals surface area contributed by atoms with Gasteiger partial charge in [-0.3, -0.25) is 0 Å². The number of nitrogens with one attached hydrogen (secondary N) is 1. The van der Waals surface area contributed by atoms with E-state index in [9.17, 15) is 22.0 Å². The molecule has 23 heavy (non-hydrogen) atoms. The van der Waals surface area contributed by atoms with Crippen molar-refractivity contribution in [1.29, 1.82) is 0 Å². The summed E-state index contributed by atoms with van der Waals surface area (Å²) in [6.45, 7) is 0. The highest BCUT2D eigenvalue weighted by molar-refractivity contribution is 5.65. The van der Waals surface area contributed by atoms with Gasteiger partial charge in [-0.15, -0.1) is 0 Å². The smallest absolute Gasteiger partial charge is 0.338 e. The number of aromatic amines is 1. The number of halogens is 5. The van der Waals surface area contributed by atoms with E-state index in [0.29, 0.717) is 0 Å². The number of alkyl halides is 3. The number of hydrogen-bond donors (Lipinski definition) is 1. The maximum atomic E-state index is 13.7. The van der Waals surface area contributed by atoms with E-state index in [2.05, 4.69) is 9.97 Å². The largest absolute Gasteiger partial charge is 0.416 e. The summed E-state index contributed by atoms with van der Waals surface area (Å²) >= 11 is 0. The maximum absolute atomic E-state index is 13.7. The Morgan fingerprint density at radius 3 is 2.43 bits per heavy atom. The molecule has 1 N–H and O–H groups in total. The van der Waals surface area contributed by atoms with Crippen LogP contribution >= 0.6 is 0 Å². The minimum Gasteiger partial charge on any atom is -0.338 e. The third-order valence-electron chi connectivity index (χ3n) is 3.26. The summed E-state index contributed by atoms with van der Waals surface area (Å²) in [5.41, 5.74) is -0.262. The summed E-state index contributed by atoms with van der Waals surface area (Å²) in [6, 6.07) is 7.66. The number of nitrogens with zero attached hydrogens (tertiary/aromatic N) is 1. The van der Waals surface area contributed by atoms with Crippen LogP contribution in [-0.2, 0) is 6.18 Å². The number of benzene rings is 2. The van der Waals surface area contributed by atoms with E-state index in [1.54, 1.807) is 0 Å². The van der Waals surface area contributed by atoms with Crippen molar-refractivity contribution >= 4 is 0 Å². The number of H-pyrrole nitrogens is 1. The third-order valence-corrected chi connectivity index (χ3v) is 3.26. The molecule has 0 radical (unpaired) electrons. The molecule has 118 valence electrons. The molecular weight excluding hydrogens is 315 g/mol. The van der Waals surface area contributed by atoms with Crippen LogP contribution in [0.5, 0.6) is 0 Å². The Bertz CT molecular complexity index is 852. The van der Waals surface area contributed by atoms with Crippen LogP contribution in [-0.4, -0.2) is 9.97 Å². The van der Waals surface area contributed by atoms with Gasteiger partial charge in [-0.1, -0.05) is 12.1 Å². The zero-order chi connectivity index (χ0) is 16.6. The van der Waals surface area contributed by atoms with Crippen LogP contribution in [0, 0.1) is 11.6 Å². The van der Waals surface area contributed by atoms with Gasteiger partial charge in [0.05, 0.1) is 17.5 Å². The van der Waals surface area contributed by atoms with Gasteiger partial charge in [0.1, 0.15) is 17.5 Å². The molecule has 0 saturated heterocycles. The van der Waals surface area contributed by atoms with E-state index in [1.807, 2.05) is 0 Å². The van der Waals surface area contributed by atoms with Crippen LogP contribution in [0.25, 0.3) is 22.6 Å². The Hall–Kier alpha value is -2.70. The normalized spacial score (nSPS) is 11.7. The molecule has 3 rings (SSSR count). The average Bonchev–Trinajstić information content (AvgIpc) is 2.96. The predicted molar refractivity (Wildman–Crippen MR) is 74.4 cm³/mol. The van der Waals surface area contributed by atoms with E-state index in [-0.39, 0.29) is 22.6 Å². The molecule has 1 aromatic heterocycles. The second-order valence-electron chi connectivity index (χ2n) is 4.85. The van der Waals surface area contributed by atoms with Crippen molar-refractivity contribution in [2.45, 2.75) is 6.18 Å². The minimum atomic E-state index is -4.46. The highest BCUT2D eigenvalue weighted by Gasteiger charge is 2.30. The Morgan fingerprint density at radius 2 is 1.74 bits per heavy atom. The first-order valence-corrected chi connectivity index (χ1v) is 6.52. The average molecular weight is 324 g/mol. The van der Waals surface area contributed by atoms with E-state index in [1.165, 1.54) is 24.4 Å². The highest BCUT2D eigenvalue weighted by Crippen LogP contribution is 2.32. The molecule has 0 aliphatic heterocycles. The summed E-state index contributed by atoms with van der Waals surface area (Å²) in [7, 11) is 0. The van der Waals surface area contributed by atoms with Crippen LogP contribution in [0.1, 0.15) is 5.56 Å².